The lowest BCUT2D eigenvalue weighted by Gasteiger charge is -2.47. The van der Waals surface area contributed by atoms with Crippen molar-refractivity contribution in [2.45, 2.75) is 44.6 Å². The summed E-state index contributed by atoms with van der Waals surface area (Å²) < 4.78 is 14.1. The Morgan fingerprint density at radius 3 is 2.62 bits per heavy atom. The van der Waals surface area contributed by atoms with Gasteiger partial charge in [0.1, 0.15) is 5.82 Å². The molecule has 3 aliphatic rings. The Bertz CT molecular complexity index is 1100. The maximum Gasteiger partial charge on any atom is 0.253 e. The first-order valence-electron chi connectivity index (χ1n) is 12.2. The molecule has 3 saturated heterocycles. The minimum Gasteiger partial charge on any atom is -0.339 e. The van der Waals surface area contributed by atoms with Crippen LogP contribution in [0.1, 0.15) is 48.0 Å². The normalized spacial score (nSPS) is 22.8. The van der Waals surface area contributed by atoms with Crippen LogP contribution in [0.4, 0.5) is 10.1 Å². The molecule has 0 unspecified atom stereocenters. The maximum absolute atomic E-state index is 14.1. The third-order valence-corrected chi connectivity index (χ3v) is 7.49. The second-order valence-electron chi connectivity index (χ2n) is 9.53. The van der Waals surface area contributed by atoms with Gasteiger partial charge in [-0.25, -0.2) is 4.39 Å². The number of carbonyl (C=O) groups is 3. The number of anilines is 1. The van der Waals surface area contributed by atoms with E-state index in [1.165, 1.54) is 6.07 Å². The number of fused-ring (bicyclic) bond motifs is 1. The SMILES string of the molecule is O=C(c1cccc(N2CCCC2=O)c1)N1CC[C@H]2[C@H](CCC(=O)N2CCc2ccccc2F)C1. The predicted molar refractivity (Wildman–Crippen MR) is 127 cm³/mol. The third-order valence-electron chi connectivity index (χ3n) is 7.49. The van der Waals surface area contributed by atoms with E-state index in [4.69, 9.17) is 0 Å². The second kappa shape index (κ2) is 9.57. The van der Waals surface area contributed by atoms with Gasteiger partial charge >= 0.3 is 0 Å². The summed E-state index contributed by atoms with van der Waals surface area (Å²) in [5, 5.41) is 0. The van der Waals surface area contributed by atoms with Crippen molar-refractivity contribution >= 4 is 23.4 Å². The lowest BCUT2D eigenvalue weighted by Crippen LogP contribution is -2.57. The smallest absolute Gasteiger partial charge is 0.253 e. The monoisotopic (exact) mass is 463 g/mol. The van der Waals surface area contributed by atoms with Gasteiger partial charge in [-0.05, 0) is 61.4 Å². The molecule has 0 bridgehead atoms. The molecule has 0 aliphatic carbocycles. The lowest BCUT2D eigenvalue weighted by atomic mass is 9.83. The average molecular weight is 464 g/mol. The van der Waals surface area contributed by atoms with Crippen molar-refractivity contribution in [2.24, 2.45) is 5.92 Å². The fourth-order valence-corrected chi connectivity index (χ4v) is 5.68. The van der Waals surface area contributed by atoms with E-state index in [2.05, 4.69) is 0 Å². The van der Waals surface area contributed by atoms with E-state index in [0.29, 0.717) is 56.6 Å². The van der Waals surface area contributed by atoms with E-state index in [9.17, 15) is 18.8 Å². The summed E-state index contributed by atoms with van der Waals surface area (Å²) in [6.07, 6.45) is 3.85. The highest BCUT2D eigenvalue weighted by molar-refractivity contribution is 5.99. The Kier molecular flexibility index (Phi) is 6.35. The van der Waals surface area contributed by atoms with Crippen LogP contribution in [-0.4, -0.2) is 59.7 Å². The van der Waals surface area contributed by atoms with Crippen LogP contribution in [-0.2, 0) is 16.0 Å². The van der Waals surface area contributed by atoms with E-state index in [-0.39, 0.29) is 35.5 Å². The zero-order valence-electron chi connectivity index (χ0n) is 19.3. The van der Waals surface area contributed by atoms with Gasteiger partial charge in [0.15, 0.2) is 0 Å². The van der Waals surface area contributed by atoms with Crippen molar-refractivity contribution in [2.75, 3.05) is 31.1 Å². The van der Waals surface area contributed by atoms with Gasteiger partial charge in [0, 0.05) is 56.3 Å². The molecule has 3 aliphatic heterocycles. The van der Waals surface area contributed by atoms with Crippen LogP contribution in [0.2, 0.25) is 0 Å². The van der Waals surface area contributed by atoms with Crippen LogP contribution in [0.15, 0.2) is 48.5 Å². The Labute approximate surface area is 199 Å². The summed E-state index contributed by atoms with van der Waals surface area (Å²) in [4.78, 5) is 43.7. The first-order valence-corrected chi connectivity index (χ1v) is 12.2. The molecule has 0 radical (unpaired) electrons. The van der Waals surface area contributed by atoms with Gasteiger partial charge < -0.3 is 14.7 Å². The molecule has 0 aromatic heterocycles. The molecular formula is C27H30FN3O3. The standard InChI is InChI=1S/C27H30FN3O3/c28-23-8-2-1-5-19(23)12-16-31-24-13-15-29(18-21(24)10-11-26(31)33)27(34)20-6-3-7-22(17-20)30-14-4-9-25(30)32/h1-3,5-8,17,21,24H,4,9-16,18H2/t21-,24+/m1/s1. The van der Waals surface area contributed by atoms with E-state index in [1.807, 2.05) is 40.1 Å². The van der Waals surface area contributed by atoms with Gasteiger partial charge in [-0.15, -0.1) is 0 Å². The highest BCUT2D eigenvalue weighted by Crippen LogP contribution is 2.32. The van der Waals surface area contributed by atoms with Gasteiger partial charge in [0.05, 0.1) is 0 Å². The van der Waals surface area contributed by atoms with Gasteiger partial charge in [-0.3, -0.25) is 14.4 Å². The number of halogens is 1. The van der Waals surface area contributed by atoms with Crippen LogP contribution < -0.4 is 4.90 Å². The molecule has 7 heteroatoms. The van der Waals surface area contributed by atoms with Crippen molar-refractivity contribution in [3.8, 4) is 0 Å². The molecule has 6 nitrogen and oxygen atoms in total. The molecule has 0 spiro atoms. The van der Waals surface area contributed by atoms with Crippen molar-refractivity contribution in [3.05, 3.63) is 65.5 Å². The van der Waals surface area contributed by atoms with Crippen LogP contribution in [0.3, 0.4) is 0 Å². The molecule has 178 valence electrons. The average Bonchev–Trinajstić information content (AvgIpc) is 3.29. The summed E-state index contributed by atoms with van der Waals surface area (Å²) in [5.74, 6) is 0.191. The van der Waals surface area contributed by atoms with E-state index >= 15 is 0 Å². The lowest BCUT2D eigenvalue weighted by molar-refractivity contribution is -0.140. The molecular weight excluding hydrogens is 433 g/mol. The predicted octanol–water partition coefficient (Wildman–Crippen LogP) is 3.65. The van der Waals surface area contributed by atoms with Crippen LogP contribution in [0.25, 0.3) is 0 Å². The minimum atomic E-state index is -0.234. The van der Waals surface area contributed by atoms with Gasteiger partial charge in [0.25, 0.3) is 5.91 Å². The summed E-state index contributed by atoms with van der Waals surface area (Å²) in [7, 11) is 0. The zero-order valence-corrected chi connectivity index (χ0v) is 19.3. The number of amides is 3. The highest BCUT2D eigenvalue weighted by Gasteiger charge is 2.40. The topological polar surface area (TPSA) is 60.9 Å². The minimum absolute atomic E-state index is 0.0262. The molecule has 3 fully saturated rings. The molecule has 0 saturated carbocycles. The fraction of sp³-hybridized carbons (Fsp3) is 0.444. The summed E-state index contributed by atoms with van der Waals surface area (Å²) in [5.41, 5.74) is 2.01. The first kappa shape index (κ1) is 22.6. The fourth-order valence-electron chi connectivity index (χ4n) is 5.68. The van der Waals surface area contributed by atoms with E-state index in [0.717, 1.165) is 24.9 Å². The number of carbonyl (C=O) groups excluding carboxylic acids is 3. The number of piperidine rings is 2. The molecule has 34 heavy (non-hydrogen) atoms. The van der Waals surface area contributed by atoms with Crippen molar-refractivity contribution in [1.29, 1.82) is 0 Å². The van der Waals surface area contributed by atoms with E-state index < -0.39 is 0 Å². The quantitative estimate of drug-likeness (QED) is 0.680. The Morgan fingerprint density at radius 1 is 0.971 bits per heavy atom. The number of rotatable bonds is 5. The number of nitrogens with zero attached hydrogens (tertiary/aromatic N) is 3. The molecule has 2 aromatic carbocycles. The Balaban J connectivity index is 1.25. The van der Waals surface area contributed by atoms with Crippen molar-refractivity contribution < 1.29 is 18.8 Å². The van der Waals surface area contributed by atoms with Crippen LogP contribution in [0, 0.1) is 11.7 Å². The molecule has 5 rings (SSSR count). The van der Waals surface area contributed by atoms with E-state index in [1.54, 1.807) is 17.0 Å². The van der Waals surface area contributed by atoms with Crippen molar-refractivity contribution in [1.82, 2.24) is 9.80 Å². The molecule has 2 aromatic rings. The van der Waals surface area contributed by atoms with Gasteiger partial charge in [-0.1, -0.05) is 24.3 Å². The second-order valence-corrected chi connectivity index (χ2v) is 9.53. The number of hydrogen-bond donors (Lipinski definition) is 0. The van der Waals surface area contributed by atoms with Gasteiger partial charge in [0.2, 0.25) is 11.8 Å². The summed E-state index contributed by atoms with van der Waals surface area (Å²) in [6.45, 7) is 2.39. The number of likely N-dealkylation sites (tertiary alicyclic amines) is 2. The first-order chi connectivity index (χ1) is 16.5. The molecule has 2 atom stereocenters. The molecule has 3 amide bonds. The third kappa shape index (κ3) is 4.43. The highest BCUT2D eigenvalue weighted by atomic mass is 19.1. The molecule has 3 heterocycles. The van der Waals surface area contributed by atoms with Gasteiger partial charge in [-0.2, -0.15) is 0 Å². The van der Waals surface area contributed by atoms with Crippen LogP contribution in [0.5, 0.6) is 0 Å². The summed E-state index contributed by atoms with van der Waals surface area (Å²) in [6, 6.07) is 14.2. The number of benzene rings is 2. The number of hydrogen-bond acceptors (Lipinski definition) is 3. The summed E-state index contributed by atoms with van der Waals surface area (Å²) >= 11 is 0. The Morgan fingerprint density at radius 2 is 1.82 bits per heavy atom. The van der Waals surface area contributed by atoms with Crippen LogP contribution >= 0.6 is 0 Å². The Hall–Kier alpha value is -3.22. The largest absolute Gasteiger partial charge is 0.339 e. The zero-order chi connectivity index (χ0) is 23.7. The van der Waals surface area contributed by atoms with Crippen molar-refractivity contribution in [3.63, 3.8) is 0 Å². The molecule has 0 N–H and O–H groups in total. The maximum atomic E-state index is 14.1.